The Morgan fingerprint density at radius 1 is 1.53 bits per heavy atom. The van der Waals surface area contributed by atoms with E-state index >= 15 is 0 Å². The van der Waals surface area contributed by atoms with E-state index in [4.69, 9.17) is 4.74 Å². The molecule has 1 aliphatic rings. The average molecular weight is 214 g/mol. The predicted octanol–water partition coefficient (Wildman–Crippen LogP) is 0.671. The summed E-state index contributed by atoms with van der Waals surface area (Å²) in [5.74, 6) is 0.138. The highest BCUT2D eigenvalue weighted by Crippen LogP contribution is 2.05. The first-order chi connectivity index (χ1) is 7.33. The molecule has 1 aliphatic heterocycles. The van der Waals surface area contributed by atoms with Crippen molar-refractivity contribution in [2.45, 2.75) is 38.1 Å². The van der Waals surface area contributed by atoms with E-state index in [2.05, 4.69) is 10.6 Å². The molecule has 1 amide bonds. The van der Waals surface area contributed by atoms with Gasteiger partial charge in [-0.3, -0.25) is 4.79 Å². The Balaban J connectivity index is 2.00. The molecule has 0 aliphatic carbocycles. The fraction of sp³-hybridized carbons (Fsp3) is 0.909. The van der Waals surface area contributed by atoms with Crippen molar-refractivity contribution in [2.75, 3.05) is 26.8 Å². The summed E-state index contributed by atoms with van der Waals surface area (Å²) >= 11 is 0. The molecule has 1 fully saturated rings. The molecule has 15 heavy (non-hydrogen) atoms. The maximum Gasteiger partial charge on any atom is 0.220 e. The summed E-state index contributed by atoms with van der Waals surface area (Å²) in [5, 5.41) is 6.36. The topological polar surface area (TPSA) is 50.4 Å². The van der Waals surface area contributed by atoms with Gasteiger partial charge in [-0.2, -0.15) is 0 Å². The number of rotatable bonds is 6. The zero-order valence-corrected chi connectivity index (χ0v) is 9.55. The number of carbonyl (C=O) groups excluding carboxylic acids is 1. The van der Waals surface area contributed by atoms with Crippen molar-refractivity contribution in [1.82, 2.24) is 10.6 Å². The van der Waals surface area contributed by atoms with E-state index in [0.717, 1.165) is 19.5 Å². The van der Waals surface area contributed by atoms with Gasteiger partial charge in [0.05, 0.1) is 0 Å². The lowest BCUT2D eigenvalue weighted by atomic mass is 10.1. The zero-order chi connectivity index (χ0) is 10.9. The lowest BCUT2D eigenvalue weighted by Gasteiger charge is -2.23. The molecule has 0 bridgehead atoms. The molecule has 4 nitrogen and oxygen atoms in total. The first kappa shape index (κ1) is 12.5. The van der Waals surface area contributed by atoms with Crippen molar-refractivity contribution in [2.24, 2.45) is 0 Å². The minimum absolute atomic E-state index is 0.138. The third-order valence-electron chi connectivity index (χ3n) is 2.71. The Hall–Kier alpha value is -0.610. The summed E-state index contributed by atoms with van der Waals surface area (Å²) < 4.78 is 4.89. The molecule has 1 unspecified atom stereocenters. The van der Waals surface area contributed by atoms with Crippen LogP contribution in [0.1, 0.15) is 32.1 Å². The van der Waals surface area contributed by atoms with Crippen LogP contribution in [0, 0.1) is 0 Å². The lowest BCUT2D eigenvalue weighted by molar-refractivity contribution is -0.121. The Morgan fingerprint density at radius 3 is 3.07 bits per heavy atom. The fourth-order valence-corrected chi connectivity index (χ4v) is 1.80. The van der Waals surface area contributed by atoms with Crippen LogP contribution in [0.25, 0.3) is 0 Å². The maximum atomic E-state index is 11.4. The number of methoxy groups -OCH3 is 1. The standard InChI is InChI=1S/C11H22N2O2/c1-15-8-4-6-11(14)13-9-10-5-2-3-7-12-10/h10,12H,2-9H2,1H3,(H,13,14). The highest BCUT2D eigenvalue weighted by atomic mass is 16.5. The van der Waals surface area contributed by atoms with Crippen molar-refractivity contribution in [3.63, 3.8) is 0 Å². The van der Waals surface area contributed by atoms with Gasteiger partial charge in [0.25, 0.3) is 0 Å². The van der Waals surface area contributed by atoms with Gasteiger partial charge in [0, 0.05) is 32.7 Å². The van der Waals surface area contributed by atoms with Crippen LogP contribution in [0.5, 0.6) is 0 Å². The van der Waals surface area contributed by atoms with Gasteiger partial charge in [-0.25, -0.2) is 0 Å². The monoisotopic (exact) mass is 214 g/mol. The molecule has 0 spiro atoms. The van der Waals surface area contributed by atoms with Crippen molar-refractivity contribution in [3.8, 4) is 0 Å². The van der Waals surface area contributed by atoms with Gasteiger partial charge in [0.1, 0.15) is 0 Å². The molecule has 1 heterocycles. The lowest BCUT2D eigenvalue weighted by Crippen LogP contribution is -2.43. The number of hydrogen-bond acceptors (Lipinski definition) is 3. The van der Waals surface area contributed by atoms with Crippen molar-refractivity contribution >= 4 is 5.91 Å². The van der Waals surface area contributed by atoms with Gasteiger partial charge in [0.2, 0.25) is 5.91 Å². The van der Waals surface area contributed by atoms with E-state index in [-0.39, 0.29) is 5.91 Å². The summed E-state index contributed by atoms with van der Waals surface area (Å²) in [5.41, 5.74) is 0. The molecule has 0 saturated carbocycles. The first-order valence-corrected chi connectivity index (χ1v) is 5.82. The molecule has 0 radical (unpaired) electrons. The third-order valence-corrected chi connectivity index (χ3v) is 2.71. The number of ether oxygens (including phenoxy) is 1. The van der Waals surface area contributed by atoms with Crippen LogP contribution in [0.15, 0.2) is 0 Å². The van der Waals surface area contributed by atoms with Crippen molar-refractivity contribution in [1.29, 1.82) is 0 Å². The number of amides is 1. The van der Waals surface area contributed by atoms with Crippen LogP contribution in [-0.2, 0) is 9.53 Å². The van der Waals surface area contributed by atoms with Gasteiger partial charge < -0.3 is 15.4 Å². The van der Waals surface area contributed by atoms with Gasteiger partial charge >= 0.3 is 0 Å². The number of nitrogens with one attached hydrogen (secondary N) is 2. The van der Waals surface area contributed by atoms with E-state index < -0.39 is 0 Å². The molecular weight excluding hydrogens is 192 g/mol. The third kappa shape index (κ3) is 5.74. The summed E-state index contributed by atoms with van der Waals surface area (Å²) in [4.78, 5) is 11.4. The smallest absolute Gasteiger partial charge is 0.220 e. The summed E-state index contributed by atoms with van der Waals surface area (Å²) in [6.07, 6.45) is 5.09. The Kier molecular flexibility index (Phi) is 6.36. The minimum atomic E-state index is 0.138. The van der Waals surface area contributed by atoms with E-state index in [1.54, 1.807) is 7.11 Å². The summed E-state index contributed by atoms with van der Waals surface area (Å²) in [6.45, 7) is 2.52. The zero-order valence-electron chi connectivity index (χ0n) is 9.55. The molecule has 0 aromatic heterocycles. The number of carbonyl (C=O) groups is 1. The minimum Gasteiger partial charge on any atom is -0.385 e. The molecule has 1 atom stereocenters. The normalized spacial score (nSPS) is 21.3. The second-order valence-corrected chi connectivity index (χ2v) is 4.05. The van der Waals surface area contributed by atoms with Crippen LogP contribution < -0.4 is 10.6 Å². The Bertz CT molecular complexity index is 179. The molecule has 0 aromatic rings. The average Bonchev–Trinajstić information content (AvgIpc) is 2.28. The van der Waals surface area contributed by atoms with E-state index in [1.165, 1.54) is 19.3 Å². The van der Waals surface area contributed by atoms with Crippen LogP contribution in [0.3, 0.4) is 0 Å². The van der Waals surface area contributed by atoms with Crippen LogP contribution in [0.4, 0.5) is 0 Å². The van der Waals surface area contributed by atoms with Crippen LogP contribution >= 0.6 is 0 Å². The van der Waals surface area contributed by atoms with Gasteiger partial charge in [0.15, 0.2) is 0 Å². The van der Waals surface area contributed by atoms with Gasteiger partial charge in [-0.15, -0.1) is 0 Å². The quantitative estimate of drug-likeness (QED) is 0.639. The molecule has 4 heteroatoms. The molecule has 1 rings (SSSR count). The predicted molar refractivity (Wildman–Crippen MR) is 59.8 cm³/mol. The number of hydrogen-bond donors (Lipinski definition) is 2. The van der Waals surface area contributed by atoms with Crippen LogP contribution in [-0.4, -0.2) is 38.8 Å². The Labute approximate surface area is 91.8 Å². The highest BCUT2D eigenvalue weighted by Gasteiger charge is 2.12. The van der Waals surface area contributed by atoms with Crippen molar-refractivity contribution in [3.05, 3.63) is 0 Å². The van der Waals surface area contributed by atoms with Gasteiger partial charge in [-0.1, -0.05) is 6.42 Å². The SMILES string of the molecule is COCCCC(=O)NCC1CCCCN1. The fourth-order valence-electron chi connectivity index (χ4n) is 1.80. The van der Waals surface area contributed by atoms with E-state index in [9.17, 15) is 4.79 Å². The first-order valence-electron chi connectivity index (χ1n) is 5.82. The van der Waals surface area contributed by atoms with E-state index in [0.29, 0.717) is 19.1 Å². The number of piperidine rings is 1. The highest BCUT2D eigenvalue weighted by molar-refractivity contribution is 5.75. The van der Waals surface area contributed by atoms with Crippen molar-refractivity contribution < 1.29 is 9.53 Å². The van der Waals surface area contributed by atoms with Gasteiger partial charge in [-0.05, 0) is 25.8 Å². The second-order valence-electron chi connectivity index (χ2n) is 4.05. The molecular formula is C11H22N2O2. The summed E-state index contributed by atoms with van der Waals surface area (Å²) in [7, 11) is 1.66. The largest absolute Gasteiger partial charge is 0.385 e. The molecule has 88 valence electrons. The Morgan fingerprint density at radius 2 is 2.40 bits per heavy atom. The molecule has 2 N–H and O–H groups in total. The molecule has 0 aromatic carbocycles. The second kappa shape index (κ2) is 7.65. The van der Waals surface area contributed by atoms with E-state index in [1.807, 2.05) is 0 Å². The van der Waals surface area contributed by atoms with Crippen LogP contribution in [0.2, 0.25) is 0 Å². The summed E-state index contributed by atoms with van der Waals surface area (Å²) in [6, 6.07) is 0.477. The molecule has 1 saturated heterocycles. The maximum absolute atomic E-state index is 11.4.